The minimum Gasteiger partial charge on any atom is -0.493 e. The second kappa shape index (κ2) is 8.65. The van der Waals surface area contributed by atoms with Gasteiger partial charge in [-0.3, -0.25) is 4.99 Å². The van der Waals surface area contributed by atoms with Crippen molar-refractivity contribution in [1.82, 2.24) is 10.6 Å². The zero-order chi connectivity index (χ0) is 16.8. The topological polar surface area (TPSA) is 45.7 Å². The summed E-state index contributed by atoms with van der Waals surface area (Å²) in [5.41, 5.74) is 2.69. The SMILES string of the molecule is CCNC(=NCCc1ccc2c(c1)CCO2)NC1CCC(SC)C1. The predicted octanol–water partition coefficient (Wildman–Crippen LogP) is 3.00. The fraction of sp³-hybridized carbons (Fsp3) is 0.632. The van der Waals surface area contributed by atoms with E-state index in [0.717, 1.165) is 49.5 Å². The molecule has 3 rings (SSSR count). The predicted molar refractivity (Wildman–Crippen MR) is 103 cm³/mol. The van der Waals surface area contributed by atoms with Gasteiger partial charge in [0, 0.05) is 30.8 Å². The van der Waals surface area contributed by atoms with E-state index in [1.54, 1.807) is 0 Å². The summed E-state index contributed by atoms with van der Waals surface area (Å²) in [6.07, 6.45) is 8.04. The van der Waals surface area contributed by atoms with E-state index in [0.29, 0.717) is 6.04 Å². The van der Waals surface area contributed by atoms with E-state index in [9.17, 15) is 0 Å². The number of hydrogen-bond donors (Lipinski definition) is 2. The van der Waals surface area contributed by atoms with Crippen LogP contribution in [0.25, 0.3) is 0 Å². The molecule has 132 valence electrons. The molecule has 2 atom stereocenters. The number of aliphatic imine (C=N–C) groups is 1. The molecule has 1 heterocycles. The van der Waals surface area contributed by atoms with Gasteiger partial charge in [-0.15, -0.1) is 0 Å². The Kier molecular flexibility index (Phi) is 6.30. The Labute approximate surface area is 149 Å². The maximum Gasteiger partial charge on any atom is 0.191 e. The van der Waals surface area contributed by atoms with Gasteiger partial charge in [0.05, 0.1) is 6.61 Å². The van der Waals surface area contributed by atoms with Gasteiger partial charge in [0.25, 0.3) is 0 Å². The molecular formula is C19H29N3OS. The molecule has 1 saturated carbocycles. The smallest absolute Gasteiger partial charge is 0.191 e. The summed E-state index contributed by atoms with van der Waals surface area (Å²) < 4.78 is 5.57. The Hall–Kier alpha value is -1.36. The number of ether oxygens (including phenoxy) is 1. The van der Waals surface area contributed by atoms with Crippen LogP contribution in [0.4, 0.5) is 0 Å². The van der Waals surface area contributed by atoms with E-state index in [4.69, 9.17) is 9.73 Å². The first-order valence-electron chi connectivity index (χ1n) is 9.10. The van der Waals surface area contributed by atoms with E-state index in [2.05, 4.69) is 42.0 Å². The Morgan fingerprint density at radius 1 is 1.38 bits per heavy atom. The van der Waals surface area contributed by atoms with E-state index >= 15 is 0 Å². The van der Waals surface area contributed by atoms with Gasteiger partial charge in [-0.25, -0.2) is 0 Å². The highest BCUT2D eigenvalue weighted by molar-refractivity contribution is 7.99. The zero-order valence-electron chi connectivity index (χ0n) is 14.8. The third-order valence-corrected chi connectivity index (χ3v) is 5.92. The van der Waals surface area contributed by atoms with Crippen LogP contribution in [0.5, 0.6) is 5.75 Å². The van der Waals surface area contributed by atoms with Gasteiger partial charge in [-0.2, -0.15) is 11.8 Å². The van der Waals surface area contributed by atoms with Crippen LogP contribution in [0.1, 0.15) is 37.3 Å². The molecule has 0 aromatic heterocycles. The number of benzene rings is 1. The Morgan fingerprint density at radius 3 is 3.08 bits per heavy atom. The molecule has 0 saturated heterocycles. The summed E-state index contributed by atoms with van der Waals surface area (Å²) in [7, 11) is 0. The van der Waals surface area contributed by atoms with Crippen molar-refractivity contribution in [1.29, 1.82) is 0 Å². The highest BCUT2D eigenvalue weighted by Crippen LogP contribution is 2.28. The van der Waals surface area contributed by atoms with Crippen molar-refractivity contribution in [3.63, 3.8) is 0 Å². The molecule has 2 aliphatic rings. The number of thioether (sulfide) groups is 1. The molecule has 0 bridgehead atoms. The van der Waals surface area contributed by atoms with Crippen LogP contribution in [0, 0.1) is 0 Å². The van der Waals surface area contributed by atoms with E-state index in [-0.39, 0.29) is 0 Å². The largest absolute Gasteiger partial charge is 0.493 e. The zero-order valence-corrected chi connectivity index (χ0v) is 15.6. The Bertz CT molecular complexity index is 576. The van der Waals surface area contributed by atoms with Crippen LogP contribution in [-0.4, -0.2) is 43.2 Å². The minimum atomic E-state index is 0.567. The van der Waals surface area contributed by atoms with Gasteiger partial charge in [0.2, 0.25) is 0 Å². The first kappa shape index (κ1) is 17.5. The molecule has 1 fully saturated rings. The van der Waals surface area contributed by atoms with Gasteiger partial charge in [0.1, 0.15) is 5.75 Å². The van der Waals surface area contributed by atoms with Crippen molar-refractivity contribution in [3.05, 3.63) is 29.3 Å². The molecule has 5 heteroatoms. The van der Waals surface area contributed by atoms with E-state index in [1.165, 1.54) is 30.4 Å². The lowest BCUT2D eigenvalue weighted by Crippen LogP contribution is -2.42. The van der Waals surface area contributed by atoms with E-state index < -0.39 is 0 Å². The van der Waals surface area contributed by atoms with Crippen LogP contribution in [0.2, 0.25) is 0 Å². The van der Waals surface area contributed by atoms with Crippen LogP contribution in [-0.2, 0) is 12.8 Å². The van der Waals surface area contributed by atoms with Gasteiger partial charge in [-0.1, -0.05) is 12.1 Å². The van der Waals surface area contributed by atoms with Gasteiger partial charge in [0.15, 0.2) is 5.96 Å². The van der Waals surface area contributed by atoms with Crippen LogP contribution < -0.4 is 15.4 Å². The van der Waals surface area contributed by atoms with Crippen molar-refractivity contribution in [2.24, 2.45) is 4.99 Å². The lowest BCUT2D eigenvalue weighted by atomic mass is 10.1. The average molecular weight is 348 g/mol. The highest BCUT2D eigenvalue weighted by atomic mass is 32.2. The second-order valence-corrected chi connectivity index (χ2v) is 7.70. The summed E-state index contributed by atoms with van der Waals surface area (Å²) in [5.74, 6) is 2.02. The number of rotatable bonds is 6. The first-order chi connectivity index (χ1) is 11.8. The molecule has 2 N–H and O–H groups in total. The summed E-state index contributed by atoms with van der Waals surface area (Å²) in [6, 6.07) is 7.11. The maximum absolute atomic E-state index is 5.57. The standard InChI is InChI=1S/C19H29N3OS/c1-3-20-19(22-16-5-6-17(13-16)24-2)21-10-8-14-4-7-18-15(12-14)9-11-23-18/h4,7,12,16-17H,3,5-6,8-11,13H2,1-2H3,(H2,20,21,22). The first-order valence-corrected chi connectivity index (χ1v) is 10.4. The van der Waals surface area contributed by atoms with Crippen LogP contribution in [0.15, 0.2) is 23.2 Å². The van der Waals surface area contributed by atoms with Crippen LogP contribution >= 0.6 is 11.8 Å². The van der Waals surface area contributed by atoms with Gasteiger partial charge in [-0.05, 0) is 56.1 Å². The summed E-state index contributed by atoms with van der Waals surface area (Å²) >= 11 is 1.99. The van der Waals surface area contributed by atoms with Gasteiger partial charge >= 0.3 is 0 Å². The number of fused-ring (bicyclic) bond motifs is 1. The lowest BCUT2D eigenvalue weighted by Gasteiger charge is -2.17. The van der Waals surface area contributed by atoms with Crippen LogP contribution in [0.3, 0.4) is 0 Å². The third kappa shape index (κ3) is 4.59. The highest BCUT2D eigenvalue weighted by Gasteiger charge is 2.24. The molecule has 1 aliphatic heterocycles. The molecule has 4 nitrogen and oxygen atoms in total. The average Bonchev–Trinajstić information content (AvgIpc) is 3.23. The van der Waals surface area contributed by atoms with Gasteiger partial charge < -0.3 is 15.4 Å². The maximum atomic E-state index is 5.57. The molecular weight excluding hydrogens is 318 g/mol. The molecule has 0 amide bonds. The van der Waals surface area contributed by atoms with Crippen molar-refractivity contribution in [3.8, 4) is 5.75 Å². The molecule has 2 unspecified atom stereocenters. The lowest BCUT2D eigenvalue weighted by molar-refractivity contribution is 0.357. The second-order valence-electron chi connectivity index (χ2n) is 6.56. The van der Waals surface area contributed by atoms with E-state index in [1.807, 2.05) is 11.8 Å². The fourth-order valence-corrected chi connectivity index (χ4v) is 4.29. The van der Waals surface area contributed by atoms with Crippen molar-refractivity contribution < 1.29 is 4.74 Å². The van der Waals surface area contributed by atoms with Crippen molar-refractivity contribution in [2.75, 3.05) is 26.0 Å². The molecule has 0 radical (unpaired) electrons. The number of guanidine groups is 1. The quantitative estimate of drug-likeness (QED) is 0.613. The molecule has 0 spiro atoms. The normalized spacial score (nSPS) is 23.0. The molecule has 1 aromatic carbocycles. The summed E-state index contributed by atoms with van der Waals surface area (Å²) in [5, 5.41) is 7.80. The molecule has 1 aliphatic carbocycles. The summed E-state index contributed by atoms with van der Waals surface area (Å²) in [4.78, 5) is 4.77. The number of hydrogen-bond acceptors (Lipinski definition) is 3. The van der Waals surface area contributed by atoms with Crippen molar-refractivity contribution in [2.45, 2.75) is 50.3 Å². The summed E-state index contributed by atoms with van der Waals surface area (Å²) in [6.45, 7) is 4.66. The Morgan fingerprint density at radius 2 is 2.29 bits per heavy atom. The minimum absolute atomic E-state index is 0.567. The van der Waals surface area contributed by atoms with Crippen molar-refractivity contribution >= 4 is 17.7 Å². The Balaban J connectivity index is 1.52. The molecule has 1 aromatic rings. The fourth-order valence-electron chi connectivity index (χ4n) is 3.49. The molecule has 24 heavy (non-hydrogen) atoms. The number of nitrogens with zero attached hydrogens (tertiary/aromatic N) is 1. The third-order valence-electron chi connectivity index (χ3n) is 4.83. The monoisotopic (exact) mass is 347 g/mol. The number of nitrogens with one attached hydrogen (secondary N) is 2.